The molecule has 1 heterocycles. The monoisotopic (exact) mass is 324 g/mol. The van der Waals surface area contributed by atoms with Crippen LogP contribution in [0.5, 0.6) is 0 Å². The van der Waals surface area contributed by atoms with Gasteiger partial charge in [-0.15, -0.1) is 6.58 Å². The Labute approximate surface area is 145 Å². The Bertz CT molecular complexity index is 707. The van der Waals surface area contributed by atoms with Gasteiger partial charge < -0.3 is 9.47 Å². The third kappa shape index (κ3) is 4.60. The van der Waals surface area contributed by atoms with E-state index in [-0.39, 0.29) is 5.91 Å². The number of nitrogens with zero attached hydrogens (tertiary/aromatic N) is 2. The van der Waals surface area contributed by atoms with Crippen molar-refractivity contribution in [2.75, 3.05) is 6.54 Å². The molecule has 0 spiro atoms. The van der Waals surface area contributed by atoms with E-state index in [1.807, 2.05) is 31.7 Å². The highest BCUT2D eigenvalue weighted by atomic mass is 16.2. The van der Waals surface area contributed by atoms with Gasteiger partial charge in [0.2, 0.25) is 5.91 Å². The second-order valence-corrected chi connectivity index (χ2v) is 7.34. The van der Waals surface area contributed by atoms with Crippen LogP contribution in [-0.2, 0) is 17.9 Å². The van der Waals surface area contributed by atoms with Gasteiger partial charge in [0.25, 0.3) is 0 Å². The van der Waals surface area contributed by atoms with Gasteiger partial charge in [0.05, 0.1) is 6.54 Å². The fourth-order valence-corrected chi connectivity index (χ4v) is 2.80. The molecule has 0 saturated heterocycles. The van der Waals surface area contributed by atoms with Crippen LogP contribution in [0, 0.1) is 12.3 Å². The minimum Gasteiger partial charge on any atom is -0.345 e. The highest BCUT2D eigenvalue weighted by molar-refractivity contribution is 5.81. The molecule has 0 atom stereocenters. The van der Waals surface area contributed by atoms with Crippen LogP contribution < -0.4 is 0 Å². The maximum Gasteiger partial charge on any atom is 0.228 e. The van der Waals surface area contributed by atoms with E-state index in [1.165, 1.54) is 11.1 Å². The SMILES string of the molecule is C=CCN(Cc1cccn1Cc1cccc(C)c1)C(=O)C(C)(C)C. The molecule has 0 saturated carbocycles. The summed E-state index contributed by atoms with van der Waals surface area (Å²) in [6.07, 6.45) is 3.86. The lowest BCUT2D eigenvalue weighted by Gasteiger charge is -2.29. The second-order valence-electron chi connectivity index (χ2n) is 7.34. The summed E-state index contributed by atoms with van der Waals surface area (Å²) in [5, 5.41) is 0. The van der Waals surface area contributed by atoms with Crippen molar-refractivity contribution in [2.45, 2.75) is 40.8 Å². The van der Waals surface area contributed by atoms with Crippen LogP contribution in [-0.4, -0.2) is 21.9 Å². The minimum atomic E-state index is -0.392. The quantitative estimate of drug-likeness (QED) is 0.723. The van der Waals surface area contributed by atoms with Gasteiger partial charge in [-0.3, -0.25) is 4.79 Å². The van der Waals surface area contributed by atoms with Gasteiger partial charge in [0.15, 0.2) is 0 Å². The van der Waals surface area contributed by atoms with E-state index in [2.05, 4.69) is 54.6 Å². The van der Waals surface area contributed by atoms with Crippen molar-refractivity contribution in [2.24, 2.45) is 5.41 Å². The van der Waals surface area contributed by atoms with Crippen molar-refractivity contribution in [1.29, 1.82) is 0 Å². The van der Waals surface area contributed by atoms with Crippen LogP contribution in [0.15, 0.2) is 55.3 Å². The van der Waals surface area contributed by atoms with Crippen LogP contribution >= 0.6 is 0 Å². The predicted molar refractivity (Wildman–Crippen MR) is 99.8 cm³/mol. The van der Waals surface area contributed by atoms with E-state index in [0.717, 1.165) is 12.2 Å². The number of rotatable bonds is 6. The molecular weight excluding hydrogens is 296 g/mol. The summed E-state index contributed by atoms with van der Waals surface area (Å²) < 4.78 is 2.21. The van der Waals surface area contributed by atoms with E-state index in [4.69, 9.17) is 0 Å². The first-order valence-electron chi connectivity index (χ1n) is 8.41. The molecule has 0 radical (unpaired) electrons. The fourth-order valence-electron chi connectivity index (χ4n) is 2.80. The molecule has 2 rings (SSSR count). The molecule has 0 bridgehead atoms. The third-order valence-electron chi connectivity index (χ3n) is 3.99. The smallest absolute Gasteiger partial charge is 0.228 e. The zero-order valence-corrected chi connectivity index (χ0v) is 15.2. The van der Waals surface area contributed by atoms with E-state index in [9.17, 15) is 4.79 Å². The number of hydrogen-bond donors (Lipinski definition) is 0. The molecule has 1 amide bonds. The van der Waals surface area contributed by atoms with Crippen molar-refractivity contribution in [1.82, 2.24) is 9.47 Å². The largest absolute Gasteiger partial charge is 0.345 e. The van der Waals surface area contributed by atoms with Crippen LogP contribution in [0.1, 0.15) is 37.6 Å². The molecule has 0 fully saturated rings. The first-order valence-corrected chi connectivity index (χ1v) is 8.41. The Hall–Kier alpha value is -2.29. The van der Waals surface area contributed by atoms with Crippen molar-refractivity contribution < 1.29 is 4.79 Å². The van der Waals surface area contributed by atoms with Gasteiger partial charge >= 0.3 is 0 Å². The standard InChI is InChI=1S/C21H28N2O/c1-6-12-23(20(24)21(3,4)5)16-19-11-8-13-22(19)15-18-10-7-9-17(2)14-18/h6-11,13-14H,1,12,15-16H2,2-5H3. The summed E-state index contributed by atoms with van der Waals surface area (Å²) in [7, 11) is 0. The fraction of sp³-hybridized carbons (Fsp3) is 0.381. The van der Waals surface area contributed by atoms with Crippen molar-refractivity contribution in [3.63, 3.8) is 0 Å². The summed E-state index contributed by atoms with van der Waals surface area (Å²) in [5.74, 6) is 0.144. The molecule has 128 valence electrons. The van der Waals surface area contributed by atoms with E-state index < -0.39 is 5.41 Å². The van der Waals surface area contributed by atoms with E-state index in [0.29, 0.717) is 13.1 Å². The van der Waals surface area contributed by atoms with Gasteiger partial charge in [-0.05, 0) is 24.6 Å². The Balaban J connectivity index is 2.19. The number of benzene rings is 1. The van der Waals surface area contributed by atoms with Crippen LogP contribution in [0.25, 0.3) is 0 Å². The van der Waals surface area contributed by atoms with Crippen molar-refractivity contribution >= 4 is 5.91 Å². The number of amides is 1. The van der Waals surface area contributed by atoms with Gasteiger partial charge in [-0.1, -0.05) is 56.7 Å². The maximum absolute atomic E-state index is 12.7. The third-order valence-corrected chi connectivity index (χ3v) is 3.99. The van der Waals surface area contributed by atoms with Gasteiger partial charge in [-0.25, -0.2) is 0 Å². The lowest BCUT2D eigenvalue weighted by molar-refractivity contribution is -0.139. The highest BCUT2D eigenvalue weighted by Crippen LogP contribution is 2.20. The topological polar surface area (TPSA) is 25.2 Å². The molecule has 0 aliphatic heterocycles. The number of carbonyl (C=O) groups excluding carboxylic acids is 1. The van der Waals surface area contributed by atoms with Crippen LogP contribution in [0.3, 0.4) is 0 Å². The summed E-state index contributed by atoms with van der Waals surface area (Å²) in [5.41, 5.74) is 3.27. The summed E-state index contributed by atoms with van der Waals surface area (Å²) in [6, 6.07) is 12.7. The zero-order valence-electron chi connectivity index (χ0n) is 15.2. The maximum atomic E-state index is 12.7. The van der Waals surface area contributed by atoms with E-state index in [1.54, 1.807) is 6.08 Å². The molecule has 1 aromatic heterocycles. The molecule has 3 nitrogen and oxygen atoms in total. The molecule has 24 heavy (non-hydrogen) atoms. The zero-order chi connectivity index (χ0) is 17.7. The van der Waals surface area contributed by atoms with Crippen LogP contribution in [0.2, 0.25) is 0 Å². The lowest BCUT2D eigenvalue weighted by Crippen LogP contribution is -2.39. The van der Waals surface area contributed by atoms with Crippen molar-refractivity contribution in [3.8, 4) is 0 Å². The molecule has 3 heteroatoms. The Morgan fingerprint density at radius 1 is 1.25 bits per heavy atom. The Morgan fingerprint density at radius 3 is 2.62 bits per heavy atom. The molecule has 2 aromatic rings. The Kier molecular flexibility index (Phi) is 5.66. The number of carbonyl (C=O) groups is 1. The normalized spacial score (nSPS) is 11.3. The molecule has 0 aliphatic carbocycles. The summed E-state index contributed by atoms with van der Waals surface area (Å²) >= 11 is 0. The molecule has 0 aliphatic rings. The van der Waals surface area contributed by atoms with Gasteiger partial charge in [-0.2, -0.15) is 0 Å². The number of aryl methyl sites for hydroxylation is 1. The highest BCUT2D eigenvalue weighted by Gasteiger charge is 2.27. The first-order chi connectivity index (χ1) is 11.3. The minimum absolute atomic E-state index is 0.144. The average molecular weight is 324 g/mol. The lowest BCUT2D eigenvalue weighted by atomic mass is 9.94. The second kappa shape index (κ2) is 7.52. The van der Waals surface area contributed by atoms with Gasteiger partial charge in [0, 0.05) is 30.4 Å². The molecule has 1 aromatic carbocycles. The van der Waals surface area contributed by atoms with Crippen molar-refractivity contribution in [3.05, 3.63) is 72.1 Å². The summed E-state index contributed by atoms with van der Waals surface area (Å²) in [4.78, 5) is 14.5. The molecular formula is C21H28N2O. The predicted octanol–water partition coefficient (Wildman–Crippen LogP) is 4.41. The number of hydrogen-bond acceptors (Lipinski definition) is 1. The average Bonchev–Trinajstić information content (AvgIpc) is 2.92. The number of aromatic nitrogens is 1. The molecule has 0 N–H and O–H groups in total. The van der Waals surface area contributed by atoms with Gasteiger partial charge in [0.1, 0.15) is 0 Å². The molecule has 0 unspecified atom stereocenters. The summed E-state index contributed by atoms with van der Waals surface area (Å²) in [6.45, 7) is 13.7. The first kappa shape index (κ1) is 18.1. The van der Waals surface area contributed by atoms with E-state index >= 15 is 0 Å². The Morgan fingerprint density at radius 2 is 2.00 bits per heavy atom. The van der Waals surface area contributed by atoms with Crippen LogP contribution in [0.4, 0.5) is 0 Å².